The molecule has 3 amide bonds. The van der Waals surface area contributed by atoms with Crippen molar-refractivity contribution in [1.29, 1.82) is 0 Å². The van der Waals surface area contributed by atoms with Crippen LogP contribution in [0.1, 0.15) is 13.3 Å². The van der Waals surface area contributed by atoms with Crippen molar-refractivity contribution in [3.05, 3.63) is 30.3 Å². The van der Waals surface area contributed by atoms with Gasteiger partial charge in [0.05, 0.1) is 12.6 Å². The van der Waals surface area contributed by atoms with E-state index in [1.165, 1.54) is 7.05 Å². The Morgan fingerprint density at radius 2 is 1.95 bits per heavy atom. The topological polar surface area (TPSA) is 70.7 Å². The van der Waals surface area contributed by atoms with Crippen LogP contribution in [0.25, 0.3) is 0 Å². The number of nitrogens with zero attached hydrogens (tertiary/aromatic N) is 1. The zero-order valence-electron chi connectivity index (χ0n) is 12.8. The third-order valence-corrected chi connectivity index (χ3v) is 3.17. The predicted octanol–water partition coefficient (Wildman–Crippen LogP) is 1.23. The fourth-order valence-corrected chi connectivity index (χ4v) is 1.69. The summed E-state index contributed by atoms with van der Waals surface area (Å²) in [7, 11) is 3.31. The van der Waals surface area contributed by atoms with Crippen LogP contribution in [0.2, 0.25) is 0 Å². The Hall–Kier alpha value is -2.08. The van der Waals surface area contributed by atoms with E-state index >= 15 is 0 Å². The Bertz CT molecular complexity index is 451. The highest BCUT2D eigenvalue weighted by atomic mass is 16.5. The maximum atomic E-state index is 11.8. The summed E-state index contributed by atoms with van der Waals surface area (Å²) in [6, 6.07) is 8.73. The molecule has 6 nitrogen and oxygen atoms in total. The fourth-order valence-electron chi connectivity index (χ4n) is 1.69. The largest absolute Gasteiger partial charge is 0.494 e. The molecule has 0 bridgehead atoms. The number of carbonyl (C=O) groups is 2. The van der Waals surface area contributed by atoms with Crippen LogP contribution >= 0.6 is 0 Å². The highest BCUT2D eigenvalue weighted by molar-refractivity contribution is 5.96. The molecule has 1 atom stereocenters. The van der Waals surface area contributed by atoms with Crippen LogP contribution < -0.4 is 15.4 Å². The molecule has 0 unspecified atom stereocenters. The van der Waals surface area contributed by atoms with Crippen LogP contribution in [0.5, 0.6) is 5.75 Å². The van der Waals surface area contributed by atoms with Crippen LogP contribution in [0.3, 0.4) is 0 Å². The number of para-hydroxylation sites is 1. The van der Waals surface area contributed by atoms with E-state index in [2.05, 4.69) is 10.6 Å². The molecule has 1 rings (SSSR count). The molecular formula is C15H23N3O3. The lowest BCUT2D eigenvalue weighted by Crippen LogP contribution is -2.48. The zero-order valence-corrected chi connectivity index (χ0v) is 12.8. The molecule has 21 heavy (non-hydrogen) atoms. The molecule has 0 heterocycles. The number of carbonyl (C=O) groups excluding carboxylic acids is 2. The summed E-state index contributed by atoms with van der Waals surface area (Å²) in [4.78, 5) is 24.7. The second-order valence-electron chi connectivity index (χ2n) is 4.74. The minimum atomic E-state index is -0.493. The molecule has 0 spiro atoms. The van der Waals surface area contributed by atoms with Gasteiger partial charge in [0.2, 0.25) is 5.91 Å². The van der Waals surface area contributed by atoms with Gasteiger partial charge in [-0.2, -0.15) is 0 Å². The molecule has 0 saturated carbocycles. The molecule has 0 aromatic heterocycles. The molecule has 116 valence electrons. The molecule has 0 fully saturated rings. The van der Waals surface area contributed by atoms with Gasteiger partial charge in [0, 0.05) is 13.6 Å². The quantitative estimate of drug-likeness (QED) is 0.742. The minimum Gasteiger partial charge on any atom is -0.494 e. The van der Waals surface area contributed by atoms with Gasteiger partial charge in [-0.3, -0.25) is 15.0 Å². The molecule has 2 N–H and O–H groups in total. The van der Waals surface area contributed by atoms with E-state index in [0.717, 1.165) is 12.2 Å². The standard InChI is InChI=1S/C15H23N3O3/c1-12(14(19)17-15(20)16-2)18(3)10-7-11-21-13-8-5-4-6-9-13/h4-6,8-9,12H,7,10-11H2,1-3H3,(H2,16,17,19,20)/t12-/m0/s1. The smallest absolute Gasteiger partial charge is 0.321 e. The van der Waals surface area contributed by atoms with E-state index in [4.69, 9.17) is 4.74 Å². The molecular weight excluding hydrogens is 270 g/mol. The van der Waals surface area contributed by atoms with Crippen molar-refractivity contribution < 1.29 is 14.3 Å². The normalized spacial score (nSPS) is 11.8. The number of nitrogens with one attached hydrogen (secondary N) is 2. The first kappa shape index (κ1) is 17.0. The molecule has 1 aromatic rings. The number of hydrogen-bond acceptors (Lipinski definition) is 4. The summed E-state index contributed by atoms with van der Waals surface area (Å²) in [6.45, 7) is 3.05. The molecule has 1 aromatic carbocycles. The van der Waals surface area contributed by atoms with Crippen molar-refractivity contribution >= 4 is 11.9 Å². The molecule has 0 aliphatic heterocycles. The second-order valence-corrected chi connectivity index (χ2v) is 4.74. The lowest BCUT2D eigenvalue weighted by molar-refractivity contribution is -0.124. The fraction of sp³-hybridized carbons (Fsp3) is 0.467. The number of benzene rings is 1. The lowest BCUT2D eigenvalue weighted by Gasteiger charge is -2.23. The molecule has 6 heteroatoms. The molecule has 0 saturated heterocycles. The SMILES string of the molecule is CNC(=O)NC(=O)[C@H](C)N(C)CCCOc1ccccc1. The third kappa shape index (κ3) is 6.27. The van der Waals surface area contributed by atoms with Gasteiger partial charge in [0.1, 0.15) is 5.75 Å². The molecule has 0 aliphatic rings. The highest BCUT2D eigenvalue weighted by Gasteiger charge is 2.19. The minimum absolute atomic E-state index is 0.319. The van der Waals surface area contributed by atoms with Crippen molar-refractivity contribution in [2.75, 3.05) is 27.2 Å². The third-order valence-electron chi connectivity index (χ3n) is 3.17. The second kappa shape index (κ2) is 8.97. The maximum Gasteiger partial charge on any atom is 0.321 e. The van der Waals surface area contributed by atoms with Crippen LogP contribution in [0, 0.1) is 0 Å². The van der Waals surface area contributed by atoms with Gasteiger partial charge < -0.3 is 10.1 Å². The van der Waals surface area contributed by atoms with Gasteiger partial charge in [-0.05, 0) is 32.5 Å². The average Bonchev–Trinajstić information content (AvgIpc) is 2.51. The van der Waals surface area contributed by atoms with Crippen LogP contribution in [0.4, 0.5) is 4.79 Å². The van der Waals surface area contributed by atoms with Crippen molar-refractivity contribution in [2.24, 2.45) is 0 Å². The summed E-state index contributed by atoms with van der Waals surface area (Å²) in [5.41, 5.74) is 0. The van der Waals surface area contributed by atoms with Crippen LogP contribution in [-0.2, 0) is 4.79 Å². The number of rotatable bonds is 7. The number of urea groups is 1. The number of imide groups is 1. The first-order chi connectivity index (χ1) is 10.0. The van der Waals surface area contributed by atoms with Crippen LogP contribution in [0.15, 0.2) is 30.3 Å². The van der Waals surface area contributed by atoms with Gasteiger partial charge in [-0.1, -0.05) is 18.2 Å². The average molecular weight is 293 g/mol. The van der Waals surface area contributed by atoms with Crippen molar-refractivity contribution in [3.8, 4) is 5.75 Å². The summed E-state index contributed by atoms with van der Waals surface area (Å²) in [6.07, 6.45) is 0.795. The summed E-state index contributed by atoms with van der Waals surface area (Å²) < 4.78 is 5.59. The van der Waals surface area contributed by atoms with Gasteiger partial charge in [0.25, 0.3) is 0 Å². The Kier molecular flexibility index (Phi) is 7.25. The Balaban J connectivity index is 2.24. The number of hydrogen-bond donors (Lipinski definition) is 2. The van der Waals surface area contributed by atoms with E-state index in [1.54, 1.807) is 6.92 Å². The molecule has 0 aliphatic carbocycles. The van der Waals surface area contributed by atoms with Crippen molar-refractivity contribution in [3.63, 3.8) is 0 Å². The Morgan fingerprint density at radius 3 is 2.57 bits per heavy atom. The Morgan fingerprint density at radius 1 is 1.29 bits per heavy atom. The van der Waals surface area contributed by atoms with Crippen LogP contribution in [-0.4, -0.2) is 50.1 Å². The summed E-state index contributed by atoms with van der Waals surface area (Å²) in [5, 5.41) is 4.62. The van der Waals surface area contributed by atoms with Gasteiger partial charge >= 0.3 is 6.03 Å². The molecule has 0 radical (unpaired) electrons. The number of ether oxygens (including phenoxy) is 1. The summed E-state index contributed by atoms with van der Waals surface area (Å²) >= 11 is 0. The Labute approximate surface area is 125 Å². The van der Waals surface area contributed by atoms with Crippen molar-refractivity contribution in [2.45, 2.75) is 19.4 Å². The predicted molar refractivity (Wildman–Crippen MR) is 81.2 cm³/mol. The maximum absolute atomic E-state index is 11.8. The summed E-state index contributed by atoms with van der Waals surface area (Å²) in [5.74, 6) is 0.520. The number of likely N-dealkylation sites (N-methyl/N-ethyl adjacent to an activating group) is 1. The first-order valence-electron chi connectivity index (χ1n) is 6.95. The van der Waals surface area contributed by atoms with Crippen molar-refractivity contribution in [1.82, 2.24) is 15.5 Å². The van der Waals surface area contributed by atoms with Gasteiger partial charge in [-0.25, -0.2) is 4.79 Å². The van der Waals surface area contributed by atoms with E-state index in [0.29, 0.717) is 13.2 Å². The first-order valence-corrected chi connectivity index (χ1v) is 6.95. The van der Waals surface area contributed by atoms with Gasteiger partial charge in [-0.15, -0.1) is 0 Å². The van der Waals surface area contributed by atoms with E-state index in [-0.39, 0.29) is 11.9 Å². The van der Waals surface area contributed by atoms with E-state index in [9.17, 15) is 9.59 Å². The van der Waals surface area contributed by atoms with Gasteiger partial charge in [0.15, 0.2) is 0 Å². The monoisotopic (exact) mass is 293 g/mol. The van der Waals surface area contributed by atoms with E-state index in [1.807, 2.05) is 42.3 Å². The van der Waals surface area contributed by atoms with E-state index < -0.39 is 6.03 Å². The zero-order chi connectivity index (χ0) is 15.7. The highest BCUT2D eigenvalue weighted by Crippen LogP contribution is 2.08. The number of amides is 3. The lowest BCUT2D eigenvalue weighted by atomic mass is 10.2.